The molecule has 0 bridgehead atoms. The molecule has 2 amide bonds. The van der Waals surface area contributed by atoms with Gasteiger partial charge < -0.3 is 15.3 Å². The third-order valence-corrected chi connectivity index (χ3v) is 5.05. The highest BCUT2D eigenvalue weighted by Crippen LogP contribution is 2.33. The SMILES string of the molecule is CC1CC(NC(=O)N(Cc2ccccc2)CC(C)(C)O)CN1C1CC1. The molecule has 2 atom stereocenters. The second-order valence-electron chi connectivity index (χ2n) is 8.31. The Morgan fingerprint density at radius 2 is 2.00 bits per heavy atom. The number of nitrogens with one attached hydrogen (secondary N) is 1. The smallest absolute Gasteiger partial charge is 0.318 e. The van der Waals surface area contributed by atoms with E-state index in [4.69, 9.17) is 0 Å². The first kappa shape index (κ1) is 18.2. The predicted molar refractivity (Wildman–Crippen MR) is 99.3 cm³/mol. The number of hydrogen-bond donors (Lipinski definition) is 2. The second kappa shape index (κ2) is 7.34. The van der Waals surface area contributed by atoms with Gasteiger partial charge in [-0.05, 0) is 45.6 Å². The quantitative estimate of drug-likeness (QED) is 0.833. The standard InChI is InChI=1S/C20H31N3O2/c1-15-11-17(13-23(15)18-9-10-18)21-19(24)22(14-20(2,3)25)12-16-7-5-4-6-8-16/h4-8,15,17-18,25H,9-14H2,1-3H3,(H,21,24). The van der Waals surface area contributed by atoms with Gasteiger partial charge in [-0.15, -0.1) is 0 Å². The van der Waals surface area contributed by atoms with E-state index < -0.39 is 5.60 Å². The maximum atomic E-state index is 12.9. The first-order chi connectivity index (χ1) is 11.8. The molecule has 2 N–H and O–H groups in total. The van der Waals surface area contributed by atoms with E-state index in [1.807, 2.05) is 30.3 Å². The van der Waals surface area contributed by atoms with Crippen LogP contribution < -0.4 is 5.32 Å². The van der Waals surface area contributed by atoms with Crippen LogP contribution in [0.4, 0.5) is 4.79 Å². The van der Waals surface area contributed by atoms with Gasteiger partial charge in [-0.25, -0.2) is 4.79 Å². The van der Waals surface area contributed by atoms with Crippen molar-refractivity contribution in [2.45, 2.75) is 70.3 Å². The summed E-state index contributed by atoms with van der Waals surface area (Å²) in [5, 5.41) is 13.4. The highest BCUT2D eigenvalue weighted by molar-refractivity contribution is 5.74. The van der Waals surface area contributed by atoms with Crippen molar-refractivity contribution in [1.29, 1.82) is 0 Å². The van der Waals surface area contributed by atoms with E-state index in [2.05, 4.69) is 17.1 Å². The molecule has 138 valence electrons. The summed E-state index contributed by atoms with van der Waals surface area (Å²) in [6.45, 7) is 7.49. The fraction of sp³-hybridized carbons (Fsp3) is 0.650. The number of urea groups is 1. The zero-order valence-electron chi connectivity index (χ0n) is 15.6. The summed E-state index contributed by atoms with van der Waals surface area (Å²) in [6.07, 6.45) is 3.59. The average molecular weight is 345 g/mol. The normalized spacial score (nSPS) is 24.3. The van der Waals surface area contributed by atoms with Gasteiger partial charge in [-0.2, -0.15) is 0 Å². The Balaban J connectivity index is 1.62. The molecule has 1 aromatic carbocycles. The number of benzene rings is 1. The Bertz CT molecular complexity index is 580. The van der Waals surface area contributed by atoms with Gasteiger partial charge in [0.2, 0.25) is 0 Å². The van der Waals surface area contributed by atoms with Gasteiger partial charge in [-0.3, -0.25) is 4.90 Å². The van der Waals surface area contributed by atoms with Crippen molar-refractivity contribution in [3.05, 3.63) is 35.9 Å². The van der Waals surface area contributed by atoms with Crippen molar-refractivity contribution in [3.63, 3.8) is 0 Å². The molecule has 1 aromatic rings. The molecule has 2 unspecified atom stereocenters. The summed E-state index contributed by atoms with van der Waals surface area (Å²) in [7, 11) is 0. The van der Waals surface area contributed by atoms with E-state index in [-0.39, 0.29) is 12.1 Å². The molecule has 1 saturated carbocycles. The zero-order valence-corrected chi connectivity index (χ0v) is 15.6. The van der Waals surface area contributed by atoms with Crippen LogP contribution in [-0.2, 0) is 6.54 Å². The fourth-order valence-corrected chi connectivity index (χ4v) is 3.81. The van der Waals surface area contributed by atoms with Crippen molar-refractivity contribution in [2.24, 2.45) is 0 Å². The van der Waals surface area contributed by atoms with Gasteiger partial charge in [0, 0.05) is 31.2 Å². The molecule has 0 aromatic heterocycles. The lowest BCUT2D eigenvalue weighted by Gasteiger charge is -2.30. The Labute approximate surface area is 151 Å². The topological polar surface area (TPSA) is 55.8 Å². The molecule has 2 aliphatic rings. The van der Waals surface area contributed by atoms with Crippen molar-refractivity contribution in [1.82, 2.24) is 15.1 Å². The van der Waals surface area contributed by atoms with Crippen LogP contribution in [0.15, 0.2) is 30.3 Å². The number of likely N-dealkylation sites (tertiary alicyclic amines) is 1. The summed E-state index contributed by atoms with van der Waals surface area (Å²) in [4.78, 5) is 17.1. The average Bonchev–Trinajstić information content (AvgIpc) is 3.30. The lowest BCUT2D eigenvalue weighted by atomic mass is 10.1. The van der Waals surface area contributed by atoms with Crippen LogP contribution in [0.5, 0.6) is 0 Å². The number of aliphatic hydroxyl groups is 1. The van der Waals surface area contributed by atoms with Crippen LogP contribution in [0.1, 0.15) is 45.6 Å². The molecule has 5 heteroatoms. The number of amides is 2. The largest absolute Gasteiger partial charge is 0.389 e. The Kier molecular flexibility index (Phi) is 5.35. The number of carbonyl (C=O) groups excluding carboxylic acids is 1. The van der Waals surface area contributed by atoms with Gasteiger partial charge in [0.05, 0.1) is 12.1 Å². The molecule has 3 rings (SSSR count). The van der Waals surface area contributed by atoms with E-state index >= 15 is 0 Å². The maximum absolute atomic E-state index is 12.9. The van der Waals surface area contributed by atoms with E-state index in [0.29, 0.717) is 19.1 Å². The predicted octanol–water partition coefficient (Wildman–Crippen LogP) is 2.59. The van der Waals surface area contributed by atoms with Crippen LogP contribution in [-0.4, -0.2) is 57.8 Å². The number of nitrogens with zero attached hydrogens (tertiary/aromatic N) is 2. The van der Waals surface area contributed by atoms with Crippen LogP contribution in [0.3, 0.4) is 0 Å². The molecule has 1 saturated heterocycles. The molecule has 1 aliphatic heterocycles. The summed E-state index contributed by atoms with van der Waals surface area (Å²) in [6, 6.07) is 11.3. The molecule has 5 nitrogen and oxygen atoms in total. The highest BCUT2D eigenvalue weighted by Gasteiger charge is 2.39. The highest BCUT2D eigenvalue weighted by atomic mass is 16.3. The minimum atomic E-state index is -0.921. The Hall–Kier alpha value is -1.59. The monoisotopic (exact) mass is 345 g/mol. The minimum Gasteiger partial charge on any atom is -0.389 e. The van der Waals surface area contributed by atoms with Crippen molar-refractivity contribution in [2.75, 3.05) is 13.1 Å². The van der Waals surface area contributed by atoms with E-state index in [1.165, 1.54) is 12.8 Å². The third kappa shape index (κ3) is 5.19. The third-order valence-electron chi connectivity index (χ3n) is 5.05. The van der Waals surface area contributed by atoms with Crippen molar-refractivity contribution in [3.8, 4) is 0 Å². The minimum absolute atomic E-state index is 0.0826. The second-order valence-corrected chi connectivity index (χ2v) is 8.31. The number of carbonyl (C=O) groups is 1. The molecule has 0 radical (unpaired) electrons. The Morgan fingerprint density at radius 3 is 2.60 bits per heavy atom. The lowest BCUT2D eigenvalue weighted by molar-refractivity contribution is 0.0442. The van der Waals surface area contributed by atoms with Crippen molar-refractivity contribution < 1.29 is 9.90 Å². The summed E-state index contributed by atoms with van der Waals surface area (Å²) >= 11 is 0. The molecular formula is C20H31N3O2. The van der Waals surface area contributed by atoms with Gasteiger partial charge in [-0.1, -0.05) is 30.3 Å². The Morgan fingerprint density at radius 1 is 1.32 bits per heavy atom. The van der Waals surface area contributed by atoms with Crippen LogP contribution >= 0.6 is 0 Å². The van der Waals surface area contributed by atoms with Crippen molar-refractivity contribution >= 4 is 6.03 Å². The summed E-state index contributed by atoms with van der Waals surface area (Å²) in [5.41, 5.74) is 0.149. The van der Waals surface area contributed by atoms with Gasteiger partial charge in [0.25, 0.3) is 0 Å². The summed E-state index contributed by atoms with van der Waals surface area (Å²) < 4.78 is 0. The first-order valence-electron chi connectivity index (χ1n) is 9.39. The molecule has 1 heterocycles. The number of hydrogen-bond acceptors (Lipinski definition) is 3. The molecule has 0 spiro atoms. The zero-order chi connectivity index (χ0) is 18.0. The maximum Gasteiger partial charge on any atom is 0.318 e. The van der Waals surface area contributed by atoms with E-state index in [1.54, 1.807) is 18.7 Å². The first-order valence-corrected chi connectivity index (χ1v) is 9.39. The van der Waals surface area contributed by atoms with Gasteiger partial charge >= 0.3 is 6.03 Å². The van der Waals surface area contributed by atoms with Crippen LogP contribution in [0, 0.1) is 0 Å². The fourth-order valence-electron chi connectivity index (χ4n) is 3.81. The van der Waals surface area contributed by atoms with Crippen LogP contribution in [0.2, 0.25) is 0 Å². The molecule has 2 fully saturated rings. The van der Waals surface area contributed by atoms with Crippen LogP contribution in [0.25, 0.3) is 0 Å². The number of rotatable bonds is 6. The molecule has 1 aliphatic carbocycles. The molecule has 25 heavy (non-hydrogen) atoms. The van der Waals surface area contributed by atoms with Gasteiger partial charge in [0.1, 0.15) is 0 Å². The lowest BCUT2D eigenvalue weighted by Crippen LogP contribution is -2.49. The van der Waals surface area contributed by atoms with E-state index in [0.717, 1.165) is 24.6 Å². The summed E-state index contributed by atoms with van der Waals surface area (Å²) in [5.74, 6) is 0. The van der Waals surface area contributed by atoms with E-state index in [9.17, 15) is 9.90 Å². The molecular weight excluding hydrogens is 314 g/mol. The van der Waals surface area contributed by atoms with Gasteiger partial charge in [0.15, 0.2) is 0 Å².